The van der Waals surface area contributed by atoms with Crippen LogP contribution in [0.25, 0.3) is 10.9 Å². The summed E-state index contributed by atoms with van der Waals surface area (Å²) in [5.41, 5.74) is 5.65. The Morgan fingerprint density at radius 2 is 2.07 bits per heavy atom. The van der Waals surface area contributed by atoms with Gasteiger partial charge in [0.15, 0.2) is 4.34 Å². The van der Waals surface area contributed by atoms with Gasteiger partial charge in [0, 0.05) is 11.4 Å². The van der Waals surface area contributed by atoms with Gasteiger partial charge in [-0.05, 0) is 30.0 Å². The van der Waals surface area contributed by atoms with Crippen LogP contribution in [0.5, 0.6) is 0 Å². The number of thioether (sulfide) groups is 1. The molecule has 0 aliphatic carbocycles. The Balaban J connectivity index is 1.46. The molecule has 0 aliphatic rings. The number of hydrogen-bond acceptors (Lipinski definition) is 9. The lowest BCUT2D eigenvalue weighted by molar-refractivity contribution is -0.118. The fourth-order valence-electron chi connectivity index (χ4n) is 2.86. The summed E-state index contributed by atoms with van der Waals surface area (Å²) in [6.45, 7) is 0.572. The predicted molar refractivity (Wildman–Crippen MR) is 121 cm³/mol. The number of nitrogens with two attached hydrogens (primary N) is 1. The molecule has 4 aromatic rings. The SMILES string of the molecule is NC(=O)Cn1c(CSc2nnc(NCCc3cccs3)s2)nc2ccccc2c1=O. The number of aromatic nitrogens is 4. The van der Waals surface area contributed by atoms with Gasteiger partial charge in [-0.3, -0.25) is 14.2 Å². The predicted octanol–water partition coefficient (Wildman–Crippen LogP) is 2.74. The van der Waals surface area contributed by atoms with E-state index in [1.807, 2.05) is 12.1 Å². The van der Waals surface area contributed by atoms with Crippen LogP contribution in [-0.2, 0) is 23.5 Å². The number of amides is 1. The lowest BCUT2D eigenvalue weighted by Crippen LogP contribution is -2.31. The van der Waals surface area contributed by atoms with Crippen molar-refractivity contribution in [3.63, 3.8) is 0 Å². The van der Waals surface area contributed by atoms with Gasteiger partial charge in [0.2, 0.25) is 11.0 Å². The van der Waals surface area contributed by atoms with E-state index in [0.717, 1.165) is 22.4 Å². The minimum atomic E-state index is -0.589. The Kier molecular flexibility index (Phi) is 6.41. The van der Waals surface area contributed by atoms with Gasteiger partial charge < -0.3 is 11.1 Å². The normalized spacial score (nSPS) is 11.1. The highest BCUT2D eigenvalue weighted by Gasteiger charge is 2.14. The van der Waals surface area contributed by atoms with Gasteiger partial charge >= 0.3 is 0 Å². The number of thiophene rings is 1. The molecule has 4 rings (SSSR count). The van der Waals surface area contributed by atoms with Crippen molar-refractivity contribution < 1.29 is 4.79 Å². The van der Waals surface area contributed by atoms with E-state index in [9.17, 15) is 9.59 Å². The molecule has 0 unspecified atom stereocenters. The van der Waals surface area contributed by atoms with Crippen molar-refractivity contribution in [1.29, 1.82) is 0 Å². The van der Waals surface area contributed by atoms with Gasteiger partial charge in [0.25, 0.3) is 5.56 Å². The molecular formula is C19H18N6O2S3. The van der Waals surface area contributed by atoms with Gasteiger partial charge in [-0.25, -0.2) is 4.98 Å². The van der Waals surface area contributed by atoms with E-state index in [4.69, 9.17) is 5.73 Å². The topological polar surface area (TPSA) is 116 Å². The largest absolute Gasteiger partial charge is 0.368 e. The van der Waals surface area contributed by atoms with Gasteiger partial charge in [0.1, 0.15) is 12.4 Å². The Bertz CT molecular complexity index is 1220. The van der Waals surface area contributed by atoms with Crippen molar-refractivity contribution in [3.8, 4) is 0 Å². The van der Waals surface area contributed by atoms with E-state index < -0.39 is 5.91 Å². The zero-order chi connectivity index (χ0) is 20.9. The Morgan fingerprint density at radius 3 is 2.87 bits per heavy atom. The zero-order valence-corrected chi connectivity index (χ0v) is 18.2. The number of primary amides is 1. The maximum Gasteiger partial charge on any atom is 0.261 e. The van der Waals surface area contributed by atoms with Crippen LogP contribution >= 0.6 is 34.4 Å². The van der Waals surface area contributed by atoms with E-state index in [-0.39, 0.29) is 12.1 Å². The number of para-hydroxylation sites is 1. The molecule has 0 saturated carbocycles. The molecule has 11 heteroatoms. The van der Waals surface area contributed by atoms with Crippen molar-refractivity contribution in [2.24, 2.45) is 5.73 Å². The van der Waals surface area contributed by atoms with E-state index in [1.54, 1.807) is 29.5 Å². The quantitative estimate of drug-likeness (QED) is 0.371. The molecule has 1 amide bonds. The molecule has 0 fully saturated rings. The monoisotopic (exact) mass is 458 g/mol. The van der Waals surface area contributed by atoms with E-state index in [1.165, 1.54) is 32.5 Å². The number of carbonyl (C=O) groups excluding carboxylic acids is 1. The number of fused-ring (bicyclic) bond motifs is 1. The van der Waals surface area contributed by atoms with Gasteiger partial charge in [0.05, 0.1) is 16.7 Å². The molecule has 1 aromatic carbocycles. The second-order valence-corrected chi connectivity index (χ2v) is 9.55. The number of carbonyl (C=O) groups is 1. The summed E-state index contributed by atoms with van der Waals surface area (Å²) in [4.78, 5) is 30.1. The van der Waals surface area contributed by atoms with Crippen LogP contribution in [-0.4, -0.2) is 32.2 Å². The summed E-state index contributed by atoms with van der Waals surface area (Å²) in [5.74, 6) is 0.260. The minimum absolute atomic E-state index is 0.210. The average Bonchev–Trinajstić information content (AvgIpc) is 3.41. The third kappa shape index (κ3) is 4.86. The summed E-state index contributed by atoms with van der Waals surface area (Å²) >= 11 is 4.59. The van der Waals surface area contributed by atoms with Crippen molar-refractivity contribution in [3.05, 3.63) is 62.8 Å². The van der Waals surface area contributed by atoms with Gasteiger partial charge in [-0.15, -0.1) is 21.5 Å². The molecule has 0 saturated heterocycles. The van der Waals surface area contributed by atoms with Crippen molar-refractivity contribution >= 4 is 56.4 Å². The highest BCUT2D eigenvalue weighted by atomic mass is 32.2. The third-order valence-electron chi connectivity index (χ3n) is 4.21. The summed E-state index contributed by atoms with van der Waals surface area (Å²) in [7, 11) is 0. The fourth-order valence-corrected chi connectivity index (χ4v) is 5.29. The number of anilines is 1. The first-order chi connectivity index (χ1) is 14.6. The lowest BCUT2D eigenvalue weighted by Gasteiger charge is -2.11. The van der Waals surface area contributed by atoms with Crippen molar-refractivity contribution in [2.75, 3.05) is 11.9 Å². The molecule has 0 radical (unpaired) electrons. The molecule has 8 nitrogen and oxygen atoms in total. The Labute approximate surface area is 184 Å². The van der Waals surface area contributed by atoms with Crippen LogP contribution in [0.15, 0.2) is 50.9 Å². The zero-order valence-electron chi connectivity index (χ0n) is 15.8. The van der Waals surface area contributed by atoms with Crippen molar-refractivity contribution in [2.45, 2.75) is 23.1 Å². The molecule has 154 valence electrons. The van der Waals surface area contributed by atoms with Crippen LogP contribution in [0.4, 0.5) is 5.13 Å². The van der Waals surface area contributed by atoms with Crippen LogP contribution in [0, 0.1) is 0 Å². The second kappa shape index (κ2) is 9.37. The molecule has 3 heterocycles. The number of nitrogens with one attached hydrogen (secondary N) is 1. The minimum Gasteiger partial charge on any atom is -0.368 e. The maximum absolute atomic E-state index is 12.8. The number of nitrogens with zero attached hydrogens (tertiary/aromatic N) is 4. The van der Waals surface area contributed by atoms with Gasteiger partial charge in [-0.2, -0.15) is 0 Å². The first-order valence-electron chi connectivity index (χ1n) is 9.09. The van der Waals surface area contributed by atoms with Crippen molar-refractivity contribution in [1.82, 2.24) is 19.7 Å². The maximum atomic E-state index is 12.8. The fraction of sp³-hybridized carbons (Fsp3) is 0.211. The average molecular weight is 459 g/mol. The molecule has 0 bridgehead atoms. The second-order valence-electron chi connectivity index (χ2n) is 6.32. The standard InChI is InChI=1S/C19H18N6O2S3/c20-15(26)10-25-16(22-14-6-2-1-5-13(14)17(25)27)11-29-19-24-23-18(30-19)21-8-7-12-4-3-9-28-12/h1-6,9H,7-8,10-11H2,(H2,20,26)(H,21,23). The molecule has 0 spiro atoms. The Hall–Kier alpha value is -2.76. The van der Waals surface area contributed by atoms with E-state index in [0.29, 0.717) is 22.5 Å². The van der Waals surface area contributed by atoms with Crippen LogP contribution in [0.3, 0.4) is 0 Å². The molecule has 0 aliphatic heterocycles. The van der Waals surface area contributed by atoms with Crippen LogP contribution in [0.2, 0.25) is 0 Å². The number of hydrogen-bond donors (Lipinski definition) is 2. The first kappa shape index (κ1) is 20.5. The third-order valence-corrected chi connectivity index (χ3v) is 7.16. The van der Waals surface area contributed by atoms with Gasteiger partial charge in [-0.1, -0.05) is 41.3 Å². The van der Waals surface area contributed by atoms with E-state index >= 15 is 0 Å². The Morgan fingerprint density at radius 1 is 1.20 bits per heavy atom. The summed E-state index contributed by atoms with van der Waals surface area (Å²) < 4.78 is 2.08. The smallest absolute Gasteiger partial charge is 0.261 e. The van der Waals surface area contributed by atoms with Crippen LogP contribution < -0.4 is 16.6 Å². The number of benzene rings is 1. The number of rotatable bonds is 9. The molecule has 3 aromatic heterocycles. The molecular weight excluding hydrogens is 440 g/mol. The highest BCUT2D eigenvalue weighted by Crippen LogP contribution is 2.28. The summed E-state index contributed by atoms with van der Waals surface area (Å²) in [5, 5.41) is 14.9. The molecule has 30 heavy (non-hydrogen) atoms. The molecule has 0 atom stereocenters. The lowest BCUT2D eigenvalue weighted by atomic mass is 10.2. The summed E-state index contributed by atoms with van der Waals surface area (Å²) in [6.07, 6.45) is 0.931. The summed E-state index contributed by atoms with van der Waals surface area (Å²) in [6, 6.07) is 11.2. The van der Waals surface area contributed by atoms with Crippen LogP contribution in [0.1, 0.15) is 10.7 Å². The van der Waals surface area contributed by atoms with E-state index in [2.05, 4.69) is 31.9 Å². The highest BCUT2D eigenvalue weighted by molar-refractivity contribution is 8.00. The molecule has 3 N–H and O–H groups in total. The first-order valence-corrected chi connectivity index (χ1v) is 11.8.